The van der Waals surface area contributed by atoms with Crippen molar-refractivity contribution in [1.29, 1.82) is 0 Å². The van der Waals surface area contributed by atoms with Gasteiger partial charge in [0.1, 0.15) is 11.6 Å². The summed E-state index contributed by atoms with van der Waals surface area (Å²) < 4.78 is 60.2. The number of benzene rings is 3. The molecule has 2 unspecified atom stereocenters. The van der Waals surface area contributed by atoms with Crippen LogP contribution in [0.5, 0.6) is 0 Å². The van der Waals surface area contributed by atoms with Gasteiger partial charge in [0.15, 0.2) is 5.76 Å². The van der Waals surface area contributed by atoms with E-state index in [-0.39, 0.29) is 17.4 Å². The first kappa shape index (κ1) is 32.7. The van der Waals surface area contributed by atoms with Gasteiger partial charge < -0.3 is 14.5 Å². The van der Waals surface area contributed by atoms with Gasteiger partial charge >= 0.3 is 5.97 Å². The van der Waals surface area contributed by atoms with Crippen LogP contribution in [-0.2, 0) is 30.8 Å². The van der Waals surface area contributed by atoms with Crippen molar-refractivity contribution in [2.24, 2.45) is 5.92 Å². The lowest BCUT2D eigenvalue weighted by atomic mass is 10.0. The Morgan fingerprint density at radius 3 is 2.14 bits per heavy atom. The van der Waals surface area contributed by atoms with Gasteiger partial charge in [-0.2, -0.15) is 0 Å². The first-order valence-corrected chi connectivity index (χ1v) is 16.5. The Labute approximate surface area is 259 Å². The van der Waals surface area contributed by atoms with Crippen molar-refractivity contribution in [2.45, 2.75) is 33.7 Å². The summed E-state index contributed by atoms with van der Waals surface area (Å²) >= 11 is -2.46. The minimum absolute atomic E-state index is 0.0692. The molecule has 0 fully saturated rings. The number of esters is 1. The van der Waals surface area contributed by atoms with E-state index in [4.69, 9.17) is 9.15 Å². The van der Waals surface area contributed by atoms with E-state index in [9.17, 15) is 26.8 Å². The standard InChI is InChI=1S/C31H35N3O8S2/c1-7-44(39,40)33(5)25-9-8-10-26-27(25)20(4)29(42-26)30(35)32-23-15-11-21(12-16-23)22-13-17-24(18-14-22)34(43(37)38)28(19(2)3)31(36)41-6/h8-19,28H,7H2,1-6H3,(H,32,35)(H,37,38). The van der Waals surface area contributed by atoms with Crippen molar-refractivity contribution in [3.8, 4) is 11.1 Å². The molecule has 0 saturated heterocycles. The minimum atomic E-state index is -3.52. The molecule has 0 saturated carbocycles. The average molecular weight is 642 g/mol. The maximum Gasteiger partial charge on any atom is 0.329 e. The van der Waals surface area contributed by atoms with Crippen molar-refractivity contribution < 1.29 is 35.9 Å². The molecule has 0 spiro atoms. The van der Waals surface area contributed by atoms with Crippen molar-refractivity contribution in [1.82, 2.24) is 0 Å². The summed E-state index contributed by atoms with van der Waals surface area (Å²) in [6.07, 6.45) is 0. The number of ether oxygens (including phenoxy) is 1. The number of nitrogens with one attached hydrogen (secondary N) is 1. The van der Waals surface area contributed by atoms with Crippen LogP contribution in [0.4, 0.5) is 17.1 Å². The second-order valence-corrected chi connectivity index (χ2v) is 13.6. The summed E-state index contributed by atoms with van der Waals surface area (Å²) in [6.45, 7) is 6.81. The average Bonchev–Trinajstić information content (AvgIpc) is 3.35. The Kier molecular flexibility index (Phi) is 9.81. The predicted molar refractivity (Wildman–Crippen MR) is 173 cm³/mol. The van der Waals surface area contributed by atoms with E-state index in [1.165, 1.54) is 18.5 Å². The lowest BCUT2D eigenvalue weighted by molar-refractivity contribution is -0.142. The number of carbonyl (C=O) groups is 2. The normalized spacial score (nSPS) is 13.0. The summed E-state index contributed by atoms with van der Waals surface area (Å²) in [6, 6.07) is 18.0. The lowest BCUT2D eigenvalue weighted by Gasteiger charge is -2.30. The fourth-order valence-electron chi connectivity index (χ4n) is 4.95. The minimum Gasteiger partial charge on any atom is -0.467 e. The molecule has 0 aliphatic heterocycles. The van der Waals surface area contributed by atoms with E-state index in [0.717, 1.165) is 15.4 Å². The number of hydrogen-bond donors (Lipinski definition) is 2. The van der Waals surface area contributed by atoms with Gasteiger partial charge in [-0.25, -0.2) is 17.4 Å². The number of methoxy groups -OCH3 is 1. The first-order chi connectivity index (χ1) is 20.8. The molecular weight excluding hydrogens is 606 g/mol. The highest BCUT2D eigenvalue weighted by Crippen LogP contribution is 2.35. The molecule has 4 rings (SSSR count). The lowest BCUT2D eigenvalue weighted by Crippen LogP contribution is -2.46. The number of hydrogen-bond acceptors (Lipinski definition) is 7. The number of nitrogens with zero attached hydrogens (tertiary/aromatic N) is 2. The van der Waals surface area contributed by atoms with Crippen LogP contribution in [0.25, 0.3) is 22.1 Å². The maximum atomic E-state index is 13.2. The van der Waals surface area contributed by atoms with Gasteiger partial charge in [0.2, 0.25) is 10.0 Å². The van der Waals surface area contributed by atoms with Crippen molar-refractivity contribution in [2.75, 3.05) is 33.8 Å². The number of amides is 1. The summed E-state index contributed by atoms with van der Waals surface area (Å²) in [4.78, 5) is 25.5. The van der Waals surface area contributed by atoms with Crippen LogP contribution >= 0.6 is 0 Å². The van der Waals surface area contributed by atoms with Crippen LogP contribution < -0.4 is 13.9 Å². The summed E-state index contributed by atoms with van der Waals surface area (Å²) in [5.74, 6) is -1.37. The van der Waals surface area contributed by atoms with Gasteiger partial charge in [0, 0.05) is 23.7 Å². The Morgan fingerprint density at radius 1 is 1.02 bits per heavy atom. The molecule has 1 amide bonds. The molecule has 11 nitrogen and oxygen atoms in total. The highest BCUT2D eigenvalue weighted by molar-refractivity contribution is 7.92. The van der Waals surface area contributed by atoms with Crippen LogP contribution in [0.15, 0.2) is 71.1 Å². The van der Waals surface area contributed by atoms with Gasteiger partial charge in [-0.15, -0.1) is 0 Å². The third-order valence-electron chi connectivity index (χ3n) is 7.35. The largest absolute Gasteiger partial charge is 0.467 e. The second-order valence-electron chi connectivity index (χ2n) is 10.4. The van der Waals surface area contributed by atoms with E-state index < -0.39 is 39.2 Å². The Hall–Kier alpha value is -4.20. The quantitative estimate of drug-likeness (QED) is 0.159. The topological polar surface area (TPSA) is 146 Å². The number of anilines is 3. The fraction of sp³-hybridized carbons (Fsp3) is 0.290. The third kappa shape index (κ3) is 6.49. The molecule has 2 atom stereocenters. The molecule has 234 valence electrons. The van der Waals surface area contributed by atoms with Crippen LogP contribution in [0, 0.1) is 12.8 Å². The molecule has 0 radical (unpaired) electrons. The SMILES string of the molecule is CCS(=O)(=O)N(C)c1cccc2oc(C(=O)Nc3ccc(-c4ccc(N(C(C(=O)OC)C(C)C)S(=O)O)cc4)cc3)c(C)c12. The van der Waals surface area contributed by atoms with Crippen LogP contribution in [-0.4, -0.2) is 55.0 Å². The van der Waals surface area contributed by atoms with Crippen molar-refractivity contribution in [3.63, 3.8) is 0 Å². The second kappa shape index (κ2) is 13.2. The van der Waals surface area contributed by atoms with E-state index >= 15 is 0 Å². The monoisotopic (exact) mass is 641 g/mol. The zero-order chi connectivity index (χ0) is 32.3. The zero-order valence-electron chi connectivity index (χ0n) is 25.2. The first-order valence-electron chi connectivity index (χ1n) is 13.8. The van der Waals surface area contributed by atoms with Crippen LogP contribution in [0.1, 0.15) is 36.9 Å². The zero-order valence-corrected chi connectivity index (χ0v) is 26.9. The highest BCUT2D eigenvalue weighted by Gasteiger charge is 2.34. The van der Waals surface area contributed by atoms with Gasteiger partial charge in [-0.05, 0) is 67.3 Å². The molecule has 44 heavy (non-hydrogen) atoms. The van der Waals surface area contributed by atoms with Crippen LogP contribution in [0.3, 0.4) is 0 Å². The summed E-state index contributed by atoms with van der Waals surface area (Å²) in [5.41, 5.74) is 3.87. The molecule has 0 aliphatic rings. The molecule has 2 N–H and O–H groups in total. The smallest absolute Gasteiger partial charge is 0.329 e. The van der Waals surface area contributed by atoms with Gasteiger partial charge in [-0.3, -0.25) is 18.0 Å². The molecule has 0 aliphatic carbocycles. The number of carbonyl (C=O) groups excluding carboxylic acids is 2. The van der Waals surface area contributed by atoms with Crippen LogP contribution in [0.2, 0.25) is 0 Å². The number of aryl methyl sites for hydroxylation is 1. The third-order valence-corrected chi connectivity index (χ3v) is 9.89. The maximum absolute atomic E-state index is 13.2. The van der Waals surface area contributed by atoms with Gasteiger partial charge in [-0.1, -0.05) is 44.2 Å². The summed E-state index contributed by atoms with van der Waals surface area (Å²) in [7, 11) is -0.811. The van der Waals surface area contributed by atoms with Gasteiger partial charge in [0.05, 0.1) is 24.2 Å². The molecular formula is C31H35N3O8S2. The Bertz CT molecular complexity index is 1800. The van der Waals surface area contributed by atoms with E-state index in [1.54, 1.807) is 82.3 Å². The molecule has 1 heterocycles. The number of sulfonamides is 1. The number of rotatable bonds is 11. The van der Waals surface area contributed by atoms with E-state index in [1.807, 2.05) is 12.1 Å². The molecule has 3 aromatic carbocycles. The fourth-order valence-corrected chi connectivity index (χ4v) is 6.61. The van der Waals surface area contributed by atoms with Crippen molar-refractivity contribution >= 4 is 61.2 Å². The van der Waals surface area contributed by atoms with Crippen molar-refractivity contribution in [3.05, 3.63) is 78.1 Å². The molecule has 0 bridgehead atoms. The van der Waals surface area contributed by atoms with E-state index in [2.05, 4.69) is 5.32 Å². The Morgan fingerprint density at radius 2 is 1.61 bits per heavy atom. The number of furan rings is 1. The molecule has 4 aromatic rings. The van der Waals surface area contributed by atoms with E-state index in [0.29, 0.717) is 33.6 Å². The van der Waals surface area contributed by atoms with Gasteiger partial charge in [0.25, 0.3) is 17.2 Å². The highest BCUT2D eigenvalue weighted by atomic mass is 32.2. The molecule has 13 heteroatoms. The Balaban J connectivity index is 1.55. The summed E-state index contributed by atoms with van der Waals surface area (Å²) in [5, 5.41) is 3.37. The predicted octanol–water partition coefficient (Wildman–Crippen LogP) is 5.59. The molecule has 1 aromatic heterocycles. The number of fused-ring (bicyclic) bond motifs is 1.